The molecule has 0 unspecified atom stereocenters. The minimum atomic E-state index is -0.0246. The Labute approximate surface area is 99.0 Å². The first kappa shape index (κ1) is 10.4. The third kappa shape index (κ3) is 2.31. The molecule has 17 heavy (non-hydrogen) atoms. The van der Waals surface area contributed by atoms with Crippen molar-refractivity contribution in [3.8, 4) is 0 Å². The second-order valence-electron chi connectivity index (χ2n) is 4.35. The van der Waals surface area contributed by atoms with E-state index in [2.05, 4.69) is 10.6 Å². The minimum Gasteiger partial charge on any atom is -0.462 e. The lowest BCUT2D eigenvalue weighted by Crippen LogP contribution is -2.29. The molecule has 1 aromatic carbocycles. The largest absolute Gasteiger partial charge is 0.462 e. The number of hydrogen-bond acceptors (Lipinski definition) is 3. The summed E-state index contributed by atoms with van der Waals surface area (Å²) in [7, 11) is 0. The van der Waals surface area contributed by atoms with Gasteiger partial charge in [-0.2, -0.15) is 0 Å². The van der Waals surface area contributed by atoms with Gasteiger partial charge in [-0.25, -0.2) is 0 Å². The van der Waals surface area contributed by atoms with Crippen LogP contribution >= 0.6 is 0 Å². The Kier molecular flexibility index (Phi) is 2.57. The van der Waals surface area contributed by atoms with Gasteiger partial charge in [0.15, 0.2) is 0 Å². The van der Waals surface area contributed by atoms with Crippen molar-refractivity contribution in [2.75, 3.05) is 11.9 Å². The Bertz CT molecular complexity index is 543. The number of amides is 1. The van der Waals surface area contributed by atoms with E-state index >= 15 is 0 Å². The van der Waals surface area contributed by atoms with E-state index in [1.54, 1.807) is 6.26 Å². The fourth-order valence-corrected chi connectivity index (χ4v) is 1.79. The van der Waals surface area contributed by atoms with Gasteiger partial charge in [-0.3, -0.25) is 4.79 Å². The van der Waals surface area contributed by atoms with Gasteiger partial charge < -0.3 is 15.1 Å². The summed E-state index contributed by atoms with van der Waals surface area (Å²) >= 11 is 0. The highest BCUT2D eigenvalue weighted by Crippen LogP contribution is 2.25. The van der Waals surface area contributed by atoms with Crippen LogP contribution in [0.1, 0.15) is 12.8 Å². The zero-order chi connectivity index (χ0) is 11.7. The molecule has 1 amide bonds. The maximum atomic E-state index is 11.7. The van der Waals surface area contributed by atoms with Crippen molar-refractivity contribution in [3.05, 3.63) is 30.5 Å². The molecule has 0 saturated heterocycles. The zero-order valence-electron chi connectivity index (χ0n) is 9.40. The maximum Gasteiger partial charge on any atom is 0.238 e. The molecule has 88 valence electrons. The first-order chi connectivity index (χ1) is 8.33. The van der Waals surface area contributed by atoms with Gasteiger partial charge in [0, 0.05) is 11.4 Å². The van der Waals surface area contributed by atoms with E-state index in [0.29, 0.717) is 12.6 Å². The summed E-state index contributed by atoms with van der Waals surface area (Å²) in [5.74, 6) is -0.0246. The average Bonchev–Trinajstić information content (AvgIpc) is 3.10. The number of benzene rings is 1. The highest BCUT2D eigenvalue weighted by molar-refractivity contribution is 6.01. The molecule has 0 radical (unpaired) electrons. The maximum absolute atomic E-state index is 11.7. The topological polar surface area (TPSA) is 54.3 Å². The lowest BCUT2D eigenvalue weighted by Gasteiger charge is -2.03. The van der Waals surface area contributed by atoms with Crippen LogP contribution < -0.4 is 10.6 Å². The molecule has 0 bridgehead atoms. The van der Waals surface area contributed by atoms with E-state index in [-0.39, 0.29) is 5.91 Å². The average molecular weight is 230 g/mol. The number of nitrogens with one attached hydrogen (secondary N) is 2. The first-order valence-corrected chi connectivity index (χ1v) is 5.82. The quantitative estimate of drug-likeness (QED) is 0.846. The lowest BCUT2D eigenvalue weighted by atomic mass is 10.2. The van der Waals surface area contributed by atoms with E-state index < -0.39 is 0 Å². The van der Waals surface area contributed by atoms with Crippen LogP contribution in [0.4, 0.5) is 5.69 Å². The van der Waals surface area contributed by atoms with E-state index in [1.165, 1.54) is 12.8 Å². The van der Waals surface area contributed by atoms with Crippen molar-refractivity contribution in [2.24, 2.45) is 0 Å². The molecule has 1 aliphatic rings. The third-order valence-corrected chi connectivity index (χ3v) is 2.88. The molecule has 2 aromatic rings. The van der Waals surface area contributed by atoms with Crippen LogP contribution in [0.2, 0.25) is 0 Å². The predicted octanol–water partition coefficient (Wildman–Crippen LogP) is 2.12. The molecule has 4 nitrogen and oxygen atoms in total. The molecule has 1 aromatic heterocycles. The van der Waals surface area contributed by atoms with Crippen LogP contribution in [0.5, 0.6) is 0 Å². The number of anilines is 1. The Morgan fingerprint density at radius 2 is 2.18 bits per heavy atom. The van der Waals surface area contributed by atoms with Gasteiger partial charge in [0.05, 0.1) is 12.2 Å². The molecule has 0 atom stereocenters. The molecule has 0 aliphatic heterocycles. The standard InChI is InChI=1S/C13H14N2O2/c16-13(7-14-9-5-6-9)15-11-8-17-12-4-2-1-3-10(11)12/h1-4,8-9,14H,5-7H2,(H,15,16). The molecule has 3 rings (SSSR count). The van der Waals surface area contributed by atoms with Gasteiger partial charge in [-0.05, 0) is 25.0 Å². The number of hydrogen-bond donors (Lipinski definition) is 2. The van der Waals surface area contributed by atoms with Gasteiger partial charge in [-0.15, -0.1) is 0 Å². The molecule has 1 heterocycles. The smallest absolute Gasteiger partial charge is 0.238 e. The van der Waals surface area contributed by atoms with E-state index in [1.807, 2.05) is 24.3 Å². The summed E-state index contributed by atoms with van der Waals surface area (Å²) < 4.78 is 5.35. The van der Waals surface area contributed by atoms with Crippen LogP contribution in [0, 0.1) is 0 Å². The van der Waals surface area contributed by atoms with Crippen LogP contribution in [-0.2, 0) is 4.79 Å². The lowest BCUT2D eigenvalue weighted by molar-refractivity contribution is -0.115. The molecule has 0 spiro atoms. The van der Waals surface area contributed by atoms with Crippen LogP contribution in [0.25, 0.3) is 11.0 Å². The van der Waals surface area contributed by atoms with Crippen LogP contribution in [0.15, 0.2) is 34.9 Å². The van der Waals surface area contributed by atoms with Crippen molar-refractivity contribution >= 4 is 22.6 Å². The molecule has 2 N–H and O–H groups in total. The van der Waals surface area contributed by atoms with Gasteiger partial charge in [0.1, 0.15) is 11.8 Å². The van der Waals surface area contributed by atoms with Crippen LogP contribution in [-0.4, -0.2) is 18.5 Å². The number of furan rings is 1. The molecular formula is C13H14N2O2. The first-order valence-electron chi connectivity index (χ1n) is 5.82. The number of carbonyl (C=O) groups excluding carboxylic acids is 1. The van der Waals surface area contributed by atoms with Crippen molar-refractivity contribution in [3.63, 3.8) is 0 Å². The monoisotopic (exact) mass is 230 g/mol. The van der Waals surface area contributed by atoms with Crippen molar-refractivity contribution in [2.45, 2.75) is 18.9 Å². The fourth-order valence-electron chi connectivity index (χ4n) is 1.79. The molecule has 1 saturated carbocycles. The normalized spacial score (nSPS) is 15.1. The van der Waals surface area contributed by atoms with E-state index in [0.717, 1.165) is 16.7 Å². The van der Waals surface area contributed by atoms with Gasteiger partial charge >= 0.3 is 0 Å². The molecule has 4 heteroatoms. The second-order valence-corrected chi connectivity index (χ2v) is 4.35. The van der Waals surface area contributed by atoms with Crippen molar-refractivity contribution in [1.82, 2.24) is 5.32 Å². The fraction of sp³-hybridized carbons (Fsp3) is 0.308. The summed E-state index contributed by atoms with van der Waals surface area (Å²) in [6, 6.07) is 8.19. The Morgan fingerprint density at radius 1 is 1.35 bits per heavy atom. The second kappa shape index (κ2) is 4.22. The Balaban J connectivity index is 1.68. The predicted molar refractivity (Wildman–Crippen MR) is 65.9 cm³/mol. The van der Waals surface area contributed by atoms with Gasteiger partial charge in [0.25, 0.3) is 0 Å². The summed E-state index contributed by atoms with van der Waals surface area (Å²) in [4.78, 5) is 11.7. The Hall–Kier alpha value is -1.81. The highest BCUT2D eigenvalue weighted by atomic mass is 16.3. The molecule has 1 fully saturated rings. The van der Waals surface area contributed by atoms with Gasteiger partial charge in [-0.1, -0.05) is 12.1 Å². The van der Waals surface area contributed by atoms with E-state index in [4.69, 9.17) is 4.42 Å². The minimum absolute atomic E-state index is 0.0246. The summed E-state index contributed by atoms with van der Waals surface area (Å²) in [5.41, 5.74) is 1.53. The molecule has 1 aliphatic carbocycles. The number of para-hydroxylation sites is 1. The summed E-state index contributed by atoms with van der Waals surface area (Å²) in [6.45, 7) is 0.365. The number of fused-ring (bicyclic) bond motifs is 1. The SMILES string of the molecule is O=C(CNC1CC1)Nc1coc2ccccc12. The van der Waals surface area contributed by atoms with Crippen LogP contribution in [0.3, 0.4) is 0 Å². The highest BCUT2D eigenvalue weighted by Gasteiger charge is 2.21. The van der Waals surface area contributed by atoms with Gasteiger partial charge in [0.2, 0.25) is 5.91 Å². The molecular weight excluding hydrogens is 216 g/mol. The number of carbonyl (C=O) groups is 1. The summed E-state index contributed by atoms with van der Waals surface area (Å²) in [6.07, 6.45) is 3.95. The van der Waals surface area contributed by atoms with E-state index in [9.17, 15) is 4.79 Å². The summed E-state index contributed by atoms with van der Waals surface area (Å²) in [5, 5.41) is 6.96. The zero-order valence-corrected chi connectivity index (χ0v) is 9.40. The third-order valence-electron chi connectivity index (χ3n) is 2.88. The van der Waals surface area contributed by atoms with Crippen molar-refractivity contribution in [1.29, 1.82) is 0 Å². The number of rotatable bonds is 4. The Morgan fingerprint density at radius 3 is 3.00 bits per heavy atom. The van der Waals surface area contributed by atoms with Crippen molar-refractivity contribution < 1.29 is 9.21 Å².